The van der Waals surface area contributed by atoms with E-state index in [1.54, 1.807) is 17.5 Å². The van der Waals surface area contributed by atoms with Crippen LogP contribution in [-0.4, -0.2) is 48.1 Å². The summed E-state index contributed by atoms with van der Waals surface area (Å²) in [4.78, 5) is 20.4. The van der Waals surface area contributed by atoms with Crippen LogP contribution in [0, 0.1) is 0 Å². The Balaban J connectivity index is 1.54. The van der Waals surface area contributed by atoms with Crippen LogP contribution in [-0.2, 0) is 17.8 Å². The van der Waals surface area contributed by atoms with Crippen LogP contribution in [0.25, 0.3) is 21.3 Å². The molecule has 2 aromatic heterocycles. The zero-order valence-corrected chi connectivity index (χ0v) is 17.4. The summed E-state index contributed by atoms with van der Waals surface area (Å²) < 4.78 is 7.29. The van der Waals surface area contributed by atoms with Gasteiger partial charge in [0.2, 0.25) is 0 Å². The normalized spacial score (nSPS) is 18.7. The number of halogens is 1. The Morgan fingerprint density at radius 3 is 2.93 bits per heavy atom. The SMILES string of the molecule is NCc1cc2nccc(-c3cc(Cl)cc4c3O[C@@H](C(=O)N3CCNCC3)C4)c2s1. The molecule has 0 saturated carbocycles. The molecule has 1 saturated heterocycles. The quantitative estimate of drug-likeness (QED) is 0.670. The fourth-order valence-corrected chi connectivity index (χ4v) is 5.31. The van der Waals surface area contributed by atoms with Crippen LogP contribution in [0.1, 0.15) is 10.4 Å². The van der Waals surface area contributed by atoms with E-state index in [1.165, 1.54) is 0 Å². The standard InChI is InChI=1S/C21H21ClN4O2S/c22-13-7-12-8-18(21(27)26-5-3-24-4-6-26)28-19(12)16(9-13)15-1-2-25-17-10-14(11-23)29-20(15)17/h1-2,7,9-10,18,24H,3-6,8,11,23H2/t18-/m1/s1. The highest BCUT2D eigenvalue weighted by atomic mass is 35.5. The summed E-state index contributed by atoms with van der Waals surface area (Å²) in [5, 5.41) is 3.91. The summed E-state index contributed by atoms with van der Waals surface area (Å²) in [7, 11) is 0. The van der Waals surface area contributed by atoms with Gasteiger partial charge in [-0.3, -0.25) is 9.78 Å². The highest BCUT2D eigenvalue weighted by Gasteiger charge is 2.35. The summed E-state index contributed by atoms with van der Waals surface area (Å²) in [6.07, 6.45) is 1.83. The number of fused-ring (bicyclic) bond motifs is 2. The lowest BCUT2D eigenvalue weighted by molar-refractivity contribution is -0.138. The Hall–Kier alpha value is -2.19. The number of nitrogens with two attached hydrogens (primary N) is 1. The van der Waals surface area contributed by atoms with Gasteiger partial charge in [0, 0.05) is 71.9 Å². The van der Waals surface area contributed by atoms with Crippen LogP contribution >= 0.6 is 22.9 Å². The van der Waals surface area contributed by atoms with Crippen molar-refractivity contribution in [3.05, 3.63) is 45.9 Å². The molecule has 2 aliphatic heterocycles. The molecule has 29 heavy (non-hydrogen) atoms. The largest absolute Gasteiger partial charge is 0.479 e. The monoisotopic (exact) mass is 428 g/mol. The molecule has 1 fully saturated rings. The van der Waals surface area contributed by atoms with Crippen molar-refractivity contribution in [1.29, 1.82) is 0 Å². The maximum Gasteiger partial charge on any atom is 0.264 e. The van der Waals surface area contributed by atoms with Gasteiger partial charge in [-0.1, -0.05) is 11.6 Å². The molecule has 2 aliphatic rings. The molecule has 5 rings (SSSR count). The van der Waals surface area contributed by atoms with Crippen LogP contribution < -0.4 is 15.8 Å². The Bertz CT molecular complexity index is 1090. The number of carbonyl (C=O) groups excluding carboxylic acids is 1. The molecule has 8 heteroatoms. The van der Waals surface area contributed by atoms with Crippen molar-refractivity contribution in [2.24, 2.45) is 5.73 Å². The molecule has 0 spiro atoms. The van der Waals surface area contributed by atoms with Crippen molar-refractivity contribution < 1.29 is 9.53 Å². The Morgan fingerprint density at radius 1 is 1.31 bits per heavy atom. The van der Waals surface area contributed by atoms with Crippen molar-refractivity contribution in [2.75, 3.05) is 26.2 Å². The molecule has 6 nitrogen and oxygen atoms in total. The van der Waals surface area contributed by atoms with Gasteiger partial charge < -0.3 is 20.7 Å². The van der Waals surface area contributed by atoms with E-state index >= 15 is 0 Å². The zero-order chi connectivity index (χ0) is 20.0. The Labute approximate surface area is 177 Å². The molecule has 1 amide bonds. The van der Waals surface area contributed by atoms with Gasteiger partial charge in [0.25, 0.3) is 5.91 Å². The molecule has 0 aliphatic carbocycles. The van der Waals surface area contributed by atoms with Gasteiger partial charge in [-0.2, -0.15) is 0 Å². The summed E-state index contributed by atoms with van der Waals surface area (Å²) in [6.45, 7) is 3.54. The molecule has 150 valence electrons. The molecule has 1 atom stereocenters. The maximum absolute atomic E-state index is 13.0. The lowest BCUT2D eigenvalue weighted by Crippen LogP contribution is -2.50. The molecule has 0 unspecified atom stereocenters. The number of amides is 1. The van der Waals surface area contributed by atoms with Gasteiger partial charge in [-0.25, -0.2) is 0 Å². The van der Waals surface area contributed by atoms with Crippen LogP contribution in [0.2, 0.25) is 5.02 Å². The number of aromatic nitrogens is 1. The predicted molar refractivity (Wildman–Crippen MR) is 116 cm³/mol. The number of hydrogen-bond acceptors (Lipinski definition) is 6. The molecular weight excluding hydrogens is 408 g/mol. The molecule has 1 aromatic carbocycles. The fraction of sp³-hybridized carbons (Fsp3) is 0.333. The third-order valence-corrected chi connectivity index (χ3v) is 6.85. The van der Waals surface area contributed by atoms with E-state index in [0.29, 0.717) is 31.1 Å². The van der Waals surface area contributed by atoms with E-state index in [9.17, 15) is 4.79 Å². The van der Waals surface area contributed by atoms with E-state index in [1.807, 2.05) is 29.2 Å². The van der Waals surface area contributed by atoms with Crippen molar-refractivity contribution in [2.45, 2.75) is 19.1 Å². The first-order chi connectivity index (χ1) is 14.1. The van der Waals surface area contributed by atoms with E-state index in [-0.39, 0.29) is 5.91 Å². The summed E-state index contributed by atoms with van der Waals surface area (Å²) >= 11 is 8.08. The number of ether oxygens (including phenoxy) is 1. The van der Waals surface area contributed by atoms with Gasteiger partial charge in [-0.15, -0.1) is 11.3 Å². The number of piperazine rings is 1. The first-order valence-corrected chi connectivity index (χ1v) is 10.9. The number of benzene rings is 1. The van der Waals surface area contributed by atoms with Gasteiger partial charge in [0.1, 0.15) is 5.75 Å². The van der Waals surface area contributed by atoms with Crippen LogP contribution in [0.5, 0.6) is 5.75 Å². The van der Waals surface area contributed by atoms with Crippen LogP contribution in [0.4, 0.5) is 0 Å². The summed E-state index contributed by atoms with van der Waals surface area (Å²) in [5.74, 6) is 0.796. The van der Waals surface area contributed by atoms with Gasteiger partial charge >= 0.3 is 0 Å². The maximum atomic E-state index is 13.0. The van der Waals surface area contributed by atoms with Crippen molar-refractivity contribution in [3.8, 4) is 16.9 Å². The third-order valence-electron chi connectivity index (χ3n) is 5.45. The summed E-state index contributed by atoms with van der Waals surface area (Å²) in [5.41, 5.74) is 9.63. The first-order valence-electron chi connectivity index (χ1n) is 9.70. The lowest BCUT2D eigenvalue weighted by Gasteiger charge is -2.29. The van der Waals surface area contributed by atoms with Crippen LogP contribution in [0.3, 0.4) is 0 Å². The number of hydrogen-bond donors (Lipinski definition) is 2. The minimum absolute atomic E-state index is 0.0474. The van der Waals surface area contributed by atoms with Gasteiger partial charge in [0.05, 0.1) is 10.2 Å². The average molecular weight is 429 g/mol. The van der Waals surface area contributed by atoms with Crippen molar-refractivity contribution >= 4 is 39.1 Å². The Kier molecular flexibility index (Phi) is 4.91. The number of rotatable bonds is 3. The highest BCUT2D eigenvalue weighted by molar-refractivity contribution is 7.19. The number of pyridine rings is 1. The second-order valence-corrected chi connectivity index (χ2v) is 8.89. The third kappa shape index (κ3) is 3.38. The molecular formula is C21H21ClN4O2S. The lowest BCUT2D eigenvalue weighted by atomic mass is 10.0. The first kappa shape index (κ1) is 18.8. The second-order valence-electron chi connectivity index (χ2n) is 7.32. The number of nitrogens with one attached hydrogen (secondary N) is 1. The van der Waals surface area contributed by atoms with E-state index < -0.39 is 6.10 Å². The predicted octanol–water partition coefficient (Wildman–Crippen LogP) is 2.81. The van der Waals surface area contributed by atoms with Gasteiger partial charge in [-0.05, 0) is 24.3 Å². The van der Waals surface area contributed by atoms with E-state index in [4.69, 9.17) is 22.1 Å². The molecule has 0 radical (unpaired) electrons. The highest BCUT2D eigenvalue weighted by Crippen LogP contribution is 2.44. The molecule has 3 N–H and O–H groups in total. The van der Waals surface area contributed by atoms with E-state index in [2.05, 4.69) is 10.3 Å². The van der Waals surface area contributed by atoms with E-state index in [0.717, 1.165) is 50.6 Å². The molecule has 0 bridgehead atoms. The number of carbonyl (C=O) groups is 1. The topological polar surface area (TPSA) is 80.5 Å². The van der Waals surface area contributed by atoms with Gasteiger partial charge in [0.15, 0.2) is 6.10 Å². The fourth-order valence-electron chi connectivity index (χ4n) is 4.05. The smallest absolute Gasteiger partial charge is 0.264 e. The zero-order valence-electron chi connectivity index (χ0n) is 15.8. The number of nitrogens with zero attached hydrogens (tertiary/aromatic N) is 2. The Morgan fingerprint density at radius 2 is 2.14 bits per heavy atom. The molecule has 4 heterocycles. The minimum Gasteiger partial charge on any atom is -0.479 e. The van der Waals surface area contributed by atoms with Crippen LogP contribution in [0.15, 0.2) is 30.5 Å². The van der Waals surface area contributed by atoms with Crippen molar-refractivity contribution in [3.63, 3.8) is 0 Å². The minimum atomic E-state index is -0.499. The molecule has 3 aromatic rings. The van der Waals surface area contributed by atoms with Crippen molar-refractivity contribution in [1.82, 2.24) is 15.2 Å². The summed E-state index contributed by atoms with van der Waals surface area (Å²) in [6, 6.07) is 7.81. The second kappa shape index (κ2) is 7.57. The average Bonchev–Trinajstić information content (AvgIpc) is 3.36. The number of thiophene rings is 1.